The summed E-state index contributed by atoms with van der Waals surface area (Å²) in [6.07, 6.45) is 1.92. The smallest absolute Gasteiger partial charge is 0.228 e. The van der Waals surface area contributed by atoms with Crippen LogP contribution in [0.4, 0.5) is 5.69 Å². The van der Waals surface area contributed by atoms with Gasteiger partial charge in [0, 0.05) is 6.54 Å². The fourth-order valence-corrected chi connectivity index (χ4v) is 2.54. The van der Waals surface area contributed by atoms with Crippen LogP contribution in [0.25, 0.3) is 0 Å². The van der Waals surface area contributed by atoms with Gasteiger partial charge in [0.1, 0.15) is 0 Å². The van der Waals surface area contributed by atoms with Gasteiger partial charge in [-0.2, -0.15) is 0 Å². The molecule has 0 bridgehead atoms. The molecular formula is C13H16Cl2N2O. The molecular weight excluding hydrogens is 271 g/mol. The average molecular weight is 287 g/mol. The van der Waals surface area contributed by atoms with Crippen LogP contribution in [0, 0.1) is 12.8 Å². The molecule has 2 rings (SSSR count). The molecule has 1 atom stereocenters. The Labute approximate surface area is 117 Å². The zero-order valence-electron chi connectivity index (χ0n) is 10.2. The predicted molar refractivity (Wildman–Crippen MR) is 75.4 cm³/mol. The highest BCUT2D eigenvalue weighted by Crippen LogP contribution is 2.33. The molecule has 1 heterocycles. The molecule has 0 unspecified atom stereocenters. The first-order chi connectivity index (χ1) is 8.59. The van der Waals surface area contributed by atoms with Crippen molar-refractivity contribution in [1.29, 1.82) is 0 Å². The Morgan fingerprint density at radius 1 is 1.44 bits per heavy atom. The molecule has 1 aliphatic heterocycles. The van der Waals surface area contributed by atoms with E-state index in [1.807, 2.05) is 13.0 Å². The second kappa shape index (κ2) is 5.91. The van der Waals surface area contributed by atoms with E-state index in [0.717, 1.165) is 24.9 Å². The Morgan fingerprint density at radius 2 is 2.22 bits per heavy atom. The van der Waals surface area contributed by atoms with Crippen molar-refractivity contribution in [2.75, 3.05) is 18.4 Å². The third-order valence-corrected chi connectivity index (χ3v) is 4.00. The number of halogens is 2. The van der Waals surface area contributed by atoms with Gasteiger partial charge in [-0.05, 0) is 37.9 Å². The fraction of sp³-hybridized carbons (Fsp3) is 0.462. The van der Waals surface area contributed by atoms with Crippen LogP contribution in [0.5, 0.6) is 0 Å². The summed E-state index contributed by atoms with van der Waals surface area (Å²) in [5.41, 5.74) is 1.42. The van der Waals surface area contributed by atoms with Crippen molar-refractivity contribution in [1.82, 2.24) is 5.32 Å². The van der Waals surface area contributed by atoms with Crippen molar-refractivity contribution in [3.8, 4) is 0 Å². The first-order valence-electron chi connectivity index (χ1n) is 6.06. The van der Waals surface area contributed by atoms with Crippen molar-refractivity contribution in [3.63, 3.8) is 0 Å². The fourth-order valence-electron chi connectivity index (χ4n) is 2.07. The maximum absolute atomic E-state index is 12.1. The van der Waals surface area contributed by atoms with Crippen molar-refractivity contribution >= 4 is 34.8 Å². The average Bonchev–Trinajstić information content (AvgIpc) is 2.40. The number of benzene rings is 1. The minimum absolute atomic E-state index is 0.00797. The highest BCUT2D eigenvalue weighted by atomic mass is 35.5. The molecule has 0 aromatic heterocycles. The second-order valence-corrected chi connectivity index (χ2v) is 5.37. The van der Waals surface area contributed by atoms with Gasteiger partial charge >= 0.3 is 0 Å². The van der Waals surface area contributed by atoms with E-state index in [1.54, 1.807) is 6.07 Å². The lowest BCUT2D eigenvalue weighted by atomic mass is 9.99. The number of carbonyl (C=O) groups is 1. The van der Waals surface area contributed by atoms with E-state index < -0.39 is 0 Å². The maximum Gasteiger partial charge on any atom is 0.228 e. The molecule has 3 nitrogen and oxygen atoms in total. The second-order valence-electron chi connectivity index (χ2n) is 4.59. The van der Waals surface area contributed by atoms with Gasteiger partial charge in [0.2, 0.25) is 5.91 Å². The van der Waals surface area contributed by atoms with Gasteiger partial charge in [-0.1, -0.05) is 29.3 Å². The molecule has 1 fully saturated rings. The van der Waals surface area contributed by atoms with E-state index in [9.17, 15) is 4.79 Å². The zero-order valence-corrected chi connectivity index (χ0v) is 11.7. The van der Waals surface area contributed by atoms with E-state index >= 15 is 0 Å². The number of hydrogen-bond acceptors (Lipinski definition) is 2. The molecule has 1 aromatic carbocycles. The van der Waals surface area contributed by atoms with Gasteiger partial charge in [-0.25, -0.2) is 0 Å². The Balaban J connectivity index is 2.13. The van der Waals surface area contributed by atoms with Crippen LogP contribution in [0.3, 0.4) is 0 Å². The number of piperidine rings is 1. The molecule has 18 heavy (non-hydrogen) atoms. The summed E-state index contributed by atoms with van der Waals surface area (Å²) >= 11 is 12.2. The maximum atomic E-state index is 12.1. The summed E-state index contributed by atoms with van der Waals surface area (Å²) in [5, 5.41) is 7.05. The lowest BCUT2D eigenvalue weighted by Crippen LogP contribution is -2.37. The lowest BCUT2D eigenvalue weighted by Gasteiger charge is -2.22. The van der Waals surface area contributed by atoms with Gasteiger partial charge < -0.3 is 10.6 Å². The normalized spacial score (nSPS) is 19.6. The van der Waals surface area contributed by atoms with Crippen LogP contribution in [-0.2, 0) is 4.79 Å². The highest BCUT2D eigenvalue weighted by Gasteiger charge is 2.22. The van der Waals surface area contributed by atoms with Crippen LogP contribution < -0.4 is 10.6 Å². The lowest BCUT2D eigenvalue weighted by molar-refractivity contribution is -0.120. The Bertz CT molecular complexity index is 457. The predicted octanol–water partition coefficient (Wildman–Crippen LogP) is 3.24. The molecule has 1 aliphatic rings. The molecule has 0 radical (unpaired) electrons. The molecule has 1 aromatic rings. The molecule has 98 valence electrons. The van der Waals surface area contributed by atoms with Crippen LogP contribution in [0.2, 0.25) is 10.0 Å². The Hall–Kier alpha value is -0.770. The molecule has 1 amide bonds. The van der Waals surface area contributed by atoms with E-state index in [-0.39, 0.29) is 11.8 Å². The zero-order chi connectivity index (χ0) is 13.1. The number of anilines is 1. The van der Waals surface area contributed by atoms with Gasteiger partial charge in [0.05, 0.1) is 21.7 Å². The van der Waals surface area contributed by atoms with Crippen LogP contribution in [0.1, 0.15) is 18.4 Å². The van der Waals surface area contributed by atoms with E-state index in [2.05, 4.69) is 10.6 Å². The van der Waals surface area contributed by atoms with Crippen LogP contribution in [-0.4, -0.2) is 19.0 Å². The summed E-state index contributed by atoms with van der Waals surface area (Å²) in [6, 6.07) is 3.58. The standard InChI is InChI=1S/C13H16Cl2N2O/c1-8-4-5-10(14)12(11(8)15)17-13(18)9-3-2-6-16-7-9/h4-5,9,16H,2-3,6-7H2,1H3,(H,17,18)/t9-/m1/s1. The van der Waals surface area contributed by atoms with Crippen molar-refractivity contribution in [2.24, 2.45) is 5.92 Å². The Morgan fingerprint density at radius 3 is 2.89 bits per heavy atom. The monoisotopic (exact) mass is 286 g/mol. The van der Waals surface area contributed by atoms with Crippen LogP contribution in [0.15, 0.2) is 12.1 Å². The minimum atomic E-state index is -0.0170. The number of rotatable bonds is 2. The Kier molecular flexibility index (Phi) is 4.49. The van der Waals surface area contributed by atoms with Gasteiger partial charge in [0.15, 0.2) is 0 Å². The van der Waals surface area contributed by atoms with Gasteiger partial charge in [0.25, 0.3) is 0 Å². The van der Waals surface area contributed by atoms with Gasteiger partial charge in [-0.3, -0.25) is 4.79 Å². The van der Waals surface area contributed by atoms with E-state index in [4.69, 9.17) is 23.2 Å². The minimum Gasteiger partial charge on any atom is -0.323 e. The number of nitrogens with one attached hydrogen (secondary N) is 2. The summed E-state index contributed by atoms with van der Waals surface area (Å²) < 4.78 is 0. The van der Waals surface area contributed by atoms with Gasteiger partial charge in [-0.15, -0.1) is 0 Å². The van der Waals surface area contributed by atoms with Crippen molar-refractivity contribution < 1.29 is 4.79 Å². The SMILES string of the molecule is Cc1ccc(Cl)c(NC(=O)[C@@H]2CCCNC2)c1Cl. The summed E-state index contributed by atoms with van der Waals surface area (Å²) in [7, 11) is 0. The topological polar surface area (TPSA) is 41.1 Å². The highest BCUT2D eigenvalue weighted by molar-refractivity contribution is 6.40. The molecule has 0 spiro atoms. The van der Waals surface area contributed by atoms with Crippen molar-refractivity contribution in [2.45, 2.75) is 19.8 Å². The number of amides is 1. The van der Waals surface area contributed by atoms with E-state index in [1.165, 1.54) is 0 Å². The number of hydrogen-bond donors (Lipinski definition) is 2. The van der Waals surface area contributed by atoms with Crippen molar-refractivity contribution in [3.05, 3.63) is 27.7 Å². The summed E-state index contributed by atoms with van der Waals surface area (Å²) in [6.45, 7) is 3.58. The third kappa shape index (κ3) is 2.97. The summed E-state index contributed by atoms with van der Waals surface area (Å²) in [5.74, 6) is -0.0250. The van der Waals surface area contributed by atoms with Crippen LogP contribution >= 0.6 is 23.2 Å². The number of aryl methyl sites for hydroxylation is 1. The molecule has 5 heteroatoms. The number of carbonyl (C=O) groups excluding carboxylic acids is 1. The quantitative estimate of drug-likeness (QED) is 0.876. The first-order valence-corrected chi connectivity index (χ1v) is 6.81. The largest absolute Gasteiger partial charge is 0.323 e. The molecule has 1 saturated heterocycles. The molecule has 0 saturated carbocycles. The molecule has 0 aliphatic carbocycles. The summed E-state index contributed by atoms with van der Waals surface area (Å²) in [4.78, 5) is 12.1. The molecule has 2 N–H and O–H groups in total. The first kappa shape index (κ1) is 13.7. The third-order valence-electron chi connectivity index (χ3n) is 3.20. The van der Waals surface area contributed by atoms with E-state index in [0.29, 0.717) is 22.3 Å².